The van der Waals surface area contributed by atoms with E-state index in [1.54, 1.807) is 0 Å². The molecule has 0 bridgehead atoms. The molecule has 5 nitrogen and oxygen atoms in total. The maximum Gasteiger partial charge on any atom is 0.238 e. The quantitative estimate of drug-likeness (QED) is 0.801. The Labute approximate surface area is 103 Å². The first-order valence-electron chi connectivity index (χ1n) is 5.21. The zero-order chi connectivity index (χ0) is 13.1. The van der Waals surface area contributed by atoms with Crippen molar-refractivity contribution in [1.29, 1.82) is 0 Å². The molecule has 0 aliphatic carbocycles. The largest absolute Gasteiger partial charge is 0.480 e. The van der Waals surface area contributed by atoms with Gasteiger partial charge in [0.2, 0.25) is 5.88 Å². The summed E-state index contributed by atoms with van der Waals surface area (Å²) in [6.07, 6.45) is 1.66. The third kappa shape index (κ3) is 2.23. The fourth-order valence-corrected chi connectivity index (χ4v) is 1.61. The van der Waals surface area contributed by atoms with Gasteiger partial charge in [0.05, 0.1) is 7.11 Å². The van der Waals surface area contributed by atoms with Crippen molar-refractivity contribution in [2.24, 2.45) is 0 Å². The number of benzene rings is 1. The highest BCUT2D eigenvalue weighted by Gasteiger charge is 2.20. The van der Waals surface area contributed by atoms with Crippen LogP contribution in [0.4, 0.5) is 10.1 Å². The zero-order valence-electron chi connectivity index (χ0n) is 9.67. The van der Waals surface area contributed by atoms with Crippen LogP contribution in [0.25, 0.3) is 0 Å². The normalized spacial score (nSPS) is 12.2. The molecule has 18 heavy (non-hydrogen) atoms. The predicted octanol–water partition coefficient (Wildman–Crippen LogP) is 1.29. The van der Waals surface area contributed by atoms with Gasteiger partial charge in [0.15, 0.2) is 0 Å². The molecule has 0 aliphatic heterocycles. The third-order valence-corrected chi connectivity index (χ3v) is 2.49. The molecule has 0 radical (unpaired) electrons. The van der Waals surface area contributed by atoms with Crippen LogP contribution in [0, 0.1) is 5.82 Å². The van der Waals surface area contributed by atoms with Crippen molar-refractivity contribution in [3.63, 3.8) is 0 Å². The second-order valence-electron chi connectivity index (χ2n) is 3.63. The standard InChI is InChI=1S/C12H12FN3O2/c1-18-12-10(15-4-5-16-12)11(17)8-6-7(13)2-3-9(8)14/h2-6,11,17H,14H2,1H3. The first-order valence-corrected chi connectivity index (χ1v) is 5.21. The monoisotopic (exact) mass is 249 g/mol. The van der Waals surface area contributed by atoms with Gasteiger partial charge in [-0.3, -0.25) is 4.98 Å². The van der Waals surface area contributed by atoms with E-state index in [0.717, 1.165) is 6.07 Å². The minimum absolute atomic E-state index is 0.175. The van der Waals surface area contributed by atoms with Gasteiger partial charge in [-0.1, -0.05) is 0 Å². The summed E-state index contributed by atoms with van der Waals surface area (Å²) in [4.78, 5) is 7.90. The molecular weight excluding hydrogens is 237 g/mol. The lowest BCUT2D eigenvalue weighted by Gasteiger charge is -2.14. The van der Waals surface area contributed by atoms with Crippen LogP contribution in [-0.2, 0) is 0 Å². The van der Waals surface area contributed by atoms with Gasteiger partial charge in [-0.2, -0.15) is 0 Å². The maximum absolute atomic E-state index is 13.2. The van der Waals surface area contributed by atoms with Crippen LogP contribution in [0.5, 0.6) is 5.88 Å². The van der Waals surface area contributed by atoms with E-state index in [2.05, 4.69) is 9.97 Å². The fraction of sp³-hybridized carbons (Fsp3) is 0.167. The highest BCUT2D eigenvalue weighted by Crippen LogP contribution is 2.29. The zero-order valence-corrected chi connectivity index (χ0v) is 9.67. The van der Waals surface area contributed by atoms with Crippen molar-refractivity contribution in [3.05, 3.63) is 47.7 Å². The second kappa shape index (κ2) is 4.97. The lowest BCUT2D eigenvalue weighted by atomic mass is 10.0. The van der Waals surface area contributed by atoms with E-state index in [-0.39, 0.29) is 22.8 Å². The van der Waals surface area contributed by atoms with Gasteiger partial charge < -0.3 is 15.6 Å². The SMILES string of the molecule is COc1nccnc1C(O)c1cc(F)ccc1N. The fourth-order valence-electron chi connectivity index (χ4n) is 1.61. The molecule has 3 N–H and O–H groups in total. The molecule has 2 aromatic rings. The first kappa shape index (κ1) is 12.3. The number of halogens is 1. The predicted molar refractivity (Wildman–Crippen MR) is 63.5 cm³/mol. The van der Waals surface area contributed by atoms with Crippen LogP contribution < -0.4 is 10.5 Å². The summed E-state index contributed by atoms with van der Waals surface area (Å²) in [5.74, 6) is -0.310. The maximum atomic E-state index is 13.2. The Hall–Kier alpha value is -2.21. The van der Waals surface area contributed by atoms with Crippen molar-refractivity contribution >= 4 is 5.69 Å². The molecule has 0 fully saturated rings. The molecule has 2 rings (SSSR count). The Morgan fingerprint density at radius 3 is 2.78 bits per heavy atom. The molecule has 1 aromatic heterocycles. The summed E-state index contributed by atoms with van der Waals surface area (Å²) in [7, 11) is 1.41. The number of aliphatic hydroxyl groups is 1. The van der Waals surface area contributed by atoms with Crippen LogP contribution in [0.2, 0.25) is 0 Å². The molecule has 0 saturated heterocycles. The number of aromatic nitrogens is 2. The van der Waals surface area contributed by atoms with Gasteiger partial charge in [0, 0.05) is 23.6 Å². The lowest BCUT2D eigenvalue weighted by molar-refractivity contribution is 0.208. The minimum Gasteiger partial charge on any atom is -0.480 e. The van der Waals surface area contributed by atoms with Crippen LogP contribution >= 0.6 is 0 Å². The van der Waals surface area contributed by atoms with E-state index in [9.17, 15) is 9.50 Å². The topological polar surface area (TPSA) is 81.3 Å². The molecule has 1 atom stereocenters. The second-order valence-corrected chi connectivity index (χ2v) is 3.63. The number of hydrogen-bond donors (Lipinski definition) is 2. The van der Waals surface area contributed by atoms with E-state index in [1.165, 1.54) is 31.6 Å². The van der Waals surface area contributed by atoms with E-state index >= 15 is 0 Å². The molecule has 6 heteroatoms. The lowest BCUT2D eigenvalue weighted by Crippen LogP contribution is -2.08. The van der Waals surface area contributed by atoms with Gasteiger partial charge in [-0.15, -0.1) is 0 Å². The number of hydrogen-bond acceptors (Lipinski definition) is 5. The van der Waals surface area contributed by atoms with Gasteiger partial charge in [0.1, 0.15) is 17.6 Å². The molecule has 94 valence electrons. The molecule has 0 aliphatic rings. The van der Waals surface area contributed by atoms with Crippen molar-refractivity contribution in [2.75, 3.05) is 12.8 Å². The van der Waals surface area contributed by atoms with Crippen LogP contribution in [0.1, 0.15) is 17.4 Å². The van der Waals surface area contributed by atoms with Crippen molar-refractivity contribution < 1.29 is 14.2 Å². The Balaban J connectivity index is 2.47. The van der Waals surface area contributed by atoms with Crippen LogP contribution in [-0.4, -0.2) is 22.2 Å². The van der Waals surface area contributed by atoms with Crippen molar-refractivity contribution in [2.45, 2.75) is 6.10 Å². The summed E-state index contributed by atoms with van der Waals surface area (Å²) in [5, 5.41) is 10.2. The van der Waals surface area contributed by atoms with Gasteiger partial charge in [0.25, 0.3) is 0 Å². The van der Waals surface area contributed by atoms with Crippen LogP contribution in [0.3, 0.4) is 0 Å². The summed E-state index contributed by atoms with van der Waals surface area (Å²) in [6, 6.07) is 3.77. The summed E-state index contributed by atoms with van der Waals surface area (Å²) >= 11 is 0. The Bertz CT molecular complexity index is 563. The number of nitrogens with zero attached hydrogens (tertiary/aromatic N) is 2. The highest BCUT2D eigenvalue weighted by molar-refractivity contribution is 5.50. The molecular formula is C12H12FN3O2. The van der Waals surface area contributed by atoms with Crippen molar-refractivity contribution in [3.8, 4) is 5.88 Å². The third-order valence-electron chi connectivity index (χ3n) is 2.49. The Morgan fingerprint density at radius 2 is 2.06 bits per heavy atom. The smallest absolute Gasteiger partial charge is 0.238 e. The first-order chi connectivity index (χ1) is 8.63. The summed E-state index contributed by atoms with van der Waals surface area (Å²) < 4.78 is 18.2. The van der Waals surface area contributed by atoms with E-state index in [1.807, 2.05) is 0 Å². The number of methoxy groups -OCH3 is 1. The number of nitrogens with two attached hydrogens (primary N) is 1. The van der Waals surface area contributed by atoms with Gasteiger partial charge >= 0.3 is 0 Å². The average Bonchev–Trinajstić information content (AvgIpc) is 2.40. The van der Waals surface area contributed by atoms with Crippen LogP contribution in [0.15, 0.2) is 30.6 Å². The highest BCUT2D eigenvalue weighted by atomic mass is 19.1. The van der Waals surface area contributed by atoms with E-state index < -0.39 is 11.9 Å². The van der Waals surface area contributed by atoms with Gasteiger partial charge in [-0.05, 0) is 18.2 Å². The molecule has 0 saturated carbocycles. The number of nitrogen functional groups attached to an aromatic ring is 1. The summed E-state index contributed by atoms with van der Waals surface area (Å²) in [5.41, 5.74) is 6.40. The molecule has 1 unspecified atom stereocenters. The molecule has 0 amide bonds. The summed E-state index contributed by atoms with van der Waals surface area (Å²) in [6.45, 7) is 0. The number of anilines is 1. The Morgan fingerprint density at radius 1 is 1.33 bits per heavy atom. The number of rotatable bonds is 3. The van der Waals surface area contributed by atoms with E-state index in [4.69, 9.17) is 10.5 Å². The van der Waals surface area contributed by atoms with E-state index in [0.29, 0.717) is 0 Å². The minimum atomic E-state index is -1.19. The average molecular weight is 249 g/mol. The molecule has 0 spiro atoms. The number of aliphatic hydroxyl groups excluding tert-OH is 1. The van der Waals surface area contributed by atoms with Crippen molar-refractivity contribution in [1.82, 2.24) is 9.97 Å². The molecule has 1 heterocycles. The van der Waals surface area contributed by atoms with Gasteiger partial charge in [-0.25, -0.2) is 9.37 Å². The number of ether oxygens (including phenoxy) is 1. The molecule has 1 aromatic carbocycles. The Kier molecular flexibility index (Phi) is 3.38.